The monoisotopic (exact) mass is 207 g/mol. The van der Waals surface area contributed by atoms with E-state index in [9.17, 15) is 0 Å². The number of hydrogen-bond acceptors (Lipinski definition) is 2. The summed E-state index contributed by atoms with van der Waals surface area (Å²) in [5.74, 6) is 0.278. The van der Waals surface area contributed by atoms with Gasteiger partial charge in [-0.2, -0.15) is 0 Å². The van der Waals surface area contributed by atoms with Crippen molar-refractivity contribution in [2.24, 2.45) is 5.73 Å². The van der Waals surface area contributed by atoms with Crippen molar-refractivity contribution in [2.75, 3.05) is 6.61 Å². The van der Waals surface area contributed by atoms with Crippen LogP contribution in [-0.2, 0) is 0 Å². The summed E-state index contributed by atoms with van der Waals surface area (Å²) in [7, 11) is 0. The summed E-state index contributed by atoms with van der Waals surface area (Å²) in [6.45, 7) is 4.36. The third kappa shape index (κ3) is 3.33. The van der Waals surface area contributed by atoms with Gasteiger partial charge in [-0.05, 0) is 25.3 Å². The second kappa shape index (κ2) is 5.89. The molecule has 15 heavy (non-hydrogen) atoms. The van der Waals surface area contributed by atoms with Gasteiger partial charge in [-0.1, -0.05) is 36.8 Å². The molecule has 1 aromatic carbocycles. The van der Waals surface area contributed by atoms with Gasteiger partial charge in [0, 0.05) is 18.6 Å². The van der Waals surface area contributed by atoms with Crippen LogP contribution in [0.3, 0.4) is 0 Å². The van der Waals surface area contributed by atoms with E-state index in [-0.39, 0.29) is 18.6 Å². The highest BCUT2D eigenvalue weighted by molar-refractivity contribution is 5.25. The van der Waals surface area contributed by atoms with Gasteiger partial charge in [0.2, 0.25) is 0 Å². The lowest BCUT2D eigenvalue weighted by molar-refractivity contribution is 0.266. The summed E-state index contributed by atoms with van der Waals surface area (Å²) in [5, 5.41) is 9.04. The molecule has 0 radical (unpaired) electrons. The Kier molecular flexibility index (Phi) is 4.79. The van der Waals surface area contributed by atoms with Crippen molar-refractivity contribution in [2.45, 2.75) is 38.6 Å². The second-order valence-electron chi connectivity index (χ2n) is 4.10. The minimum absolute atomic E-state index is 0.139. The molecule has 0 aliphatic rings. The van der Waals surface area contributed by atoms with Gasteiger partial charge < -0.3 is 10.8 Å². The van der Waals surface area contributed by atoms with Crippen LogP contribution in [0.2, 0.25) is 0 Å². The van der Waals surface area contributed by atoms with Gasteiger partial charge in [0.25, 0.3) is 0 Å². The zero-order valence-corrected chi connectivity index (χ0v) is 9.61. The van der Waals surface area contributed by atoms with Crippen LogP contribution < -0.4 is 5.73 Å². The molecule has 0 aliphatic carbocycles. The Balaban J connectivity index is 2.83. The maximum Gasteiger partial charge on any atom is 0.0437 e. The number of aryl methyl sites for hydroxylation is 1. The molecule has 0 saturated carbocycles. The summed E-state index contributed by atoms with van der Waals surface area (Å²) in [6, 6.07) is 8.57. The van der Waals surface area contributed by atoms with E-state index >= 15 is 0 Å². The third-order valence-electron chi connectivity index (χ3n) is 2.93. The molecule has 2 atom stereocenters. The molecule has 2 heteroatoms. The average molecular weight is 207 g/mol. The SMILES string of the molecule is CCC(N)C(CCO)c1ccc(C)cc1. The van der Waals surface area contributed by atoms with Gasteiger partial charge in [0.1, 0.15) is 0 Å². The first-order valence-electron chi connectivity index (χ1n) is 5.62. The fraction of sp³-hybridized carbons (Fsp3) is 0.538. The van der Waals surface area contributed by atoms with E-state index < -0.39 is 0 Å². The van der Waals surface area contributed by atoms with E-state index in [1.54, 1.807) is 0 Å². The van der Waals surface area contributed by atoms with Crippen LogP contribution in [-0.4, -0.2) is 17.8 Å². The Labute approximate surface area is 92.1 Å². The van der Waals surface area contributed by atoms with E-state index in [2.05, 4.69) is 38.1 Å². The summed E-state index contributed by atoms with van der Waals surface area (Å²) in [6.07, 6.45) is 1.69. The summed E-state index contributed by atoms with van der Waals surface area (Å²) in [5.41, 5.74) is 8.56. The summed E-state index contributed by atoms with van der Waals surface area (Å²) >= 11 is 0. The highest BCUT2D eigenvalue weighted by Gasteiger charge is 2.17. The van der Waals surface area contributed by atoms with E-state index in [1.807, 2.05) is 0 Å². The van der Waals surface area contributed by atoms with Gasteiger partial charge in [-0.25, -0.2) is 0 Å². The lowest BCUT2D eigenvalue weighted by atomic mass is 9.87. The largest absolute Gasteiger partial charge is 0.396 e. The zero-order chi connectivity index (χ0) is 11.3. The second-order valence-corrected chi connectivity index (χ2v) is 4.10. The maximum atomic E-state index is 9.04. The van der Waals surface area contributed by atoms with Crippen LogP contribution >= 0.6 is 0 Å². The molecule has 0 bridgehead atoms. The van der Waals surface area contributed by atoms with Crippen LogP contribution in [0.15, 0.2) is 24.3 Å². The fourth-order valence-corrected chi connectivity index (χ4v) is 1.87. The minimum atomic E-state index is 0.139. The smallest absolute Gasteiger partial charge is 0.0437 e. The normalized spacial score (nSPS) is 14.9. The lowest BCUT2D eigenvalue weighted by Gasteiger charge is -2.22. The number of nitrogens with two attached hydrogens (primary N) is 1. The van der Waals surface area contributed by atoms with Crippen LogP contribution in [0.25, 0.3) is 0 Å². The first kappa shape index (κ1) is 12.2. The molecule has 1 aromatic rings. The highest BCUT2D eigenvalue weighted by Crippen LogP contribution is 2.24. The third-order valence-corrected chi connectivity index (χ3v) is 2.93. The molecule has 0 fully saturated rings. The Morgan fingerprint density at radius 3 is 2.33 bits per heavy atom. The Bertz CT molecular complexity index is 281. The van der Waals surface area contributed by atoms with Gasteiger partial charge in [-0.15, -0.1) is 0 Å². The number of hydrogen-bond donors (Lipinski definition) is 2. The van der Waals surface area contributed by atoms with Crippen LogP contribution in [0.5, 0.6) is 0 Å². The molecule has 0 spiro atoms. The van der Waals surface area contributed by atoms with Crippen LogP contribution in [0.4, 0.5) is 0 Å². The van der Waals surface area contributed by atoms with Gasteiger partial charge in [-0.3, -0.25) is 0 Å². The summed E-state index contributed by atoms with van der Waals surface area (Å²) < 4.78 is 0. The number of rotatable bonds is 5. The van der Waals surface area contributed by atoms with Crippen molar-refractivity contribution in [3.63, 3.8) is 0 Å². The number of aliphatic hydroxyl groups is 1. The quantitative estimate of drug-likeness (QED) is 0.777. The van der Waals surface area contributed by atoms with Crippen molar-refractivity contribution >= 4 is 0 Å². The maximum absolute atomic E-state index is 9.04. The molecular formula is C13H21NO. The molecule has 2 unspecified atom stereocenters. The van der Waals surface area contributed by atoms with E-state index in [0.29, 0.717) is 0 Å². The number of aliphatic hydroxyl groups excluding tert-OH is 1. The van der Waals surface area contributed by atoms with Crippen molar-refractivity contribution in [1.29, 1.82) is 0 Å². The fourth-order valence-electron chi connectivity index (χ4n) is 1.87. The Morgan fingerprint density at radius 1 is 1.27 bits per heavy atom. The molecule has 0 aliphatic heterocycles. The van der Waals surface area contributed by atoms with E-state index in [0.717, 1.165) is 12.8 Å². The molecule has 3 N–H and O–H groups in total. The summed E-state index contributed by atoms with van der Waals surface area (Å²) in [4.78, 5) is 0. The Morgan fingerprint density at radius 2 is 1.87 bits per heavy atom. The molecule has 0 heterocycles. The first-order chi connectivity index (χ1) is 7.19. The predicted molar refractivity (Wildman–Crippen MR) is 63.9 cm³/mol. The topological polar surface area (TPSA) is 46.2 Å². The van der Waals surface area contributed by atoms with Crippen molar-refractivity contribution < 1.29 is 5.11 Å². The van der Waals surface area contributed by atoms with Crippen molar-refractivity contribution in [1.82, 2.24) is 0 Å². The molecular weight excluding hydrogens is 186 g/mol. The van der Waals surface area contributed by atoms with Gasteiger partial charge >= 0.3 is 0 Å². The van der Waals surface area contributed by atoms with Gasteiger partial charge in [0.15, 0.2) is 0 Å². The molecule has 0 aromatic heterocycles. The molecule has 0 amide bonds. The highest BCUT2D eigenvalue weighted by atomic mass is 16.3. The van der Waals surface area contributed by atoms with Crippen molar-refractivity contribution in [3.8, 4) is 0 Å². The average Bonchev–Trinajstić information content (AvgIpc) is 2.26. The van der Waals surface area contributed by atoms with Crippen LogP contribution in [0.1, 0.15) is 36.8 Å². The Hall–Kier alpha value is -0.860. The molecule has 2 nitrogen and oxygen atoms in total. The molecule has 1 rings (SSSR count). The van der Waals surface area contributed by atoms with Gasteiger partial charge in [0.05, 0.1) is 0 Å². The first-order valence-corrected chi connectivity index (χ1v) is 5.62. The lowest BCUT2D eigenvalue weighted by Crippen LogP contribution is -2.28. The standard InChI is InChI=1S/C13H21NO/c1-3-13(14)12(8-9-15)11-6-4-10(2)5-7-11/h4-7,12-13,15H,3,8-9,14H2,1-2H3. The van der Waals surface area contributed by atoms with Crippen molar-refractivity contribution in [3.05, 3.63) is 35.4 Å². The molecule has 84 valence electrons. The van der Waals surface area contributed by atoms with E-state index in [1.165, 1.54) is 11.1 Å². The zero-order valence-electron chi connectivity index (χ0n) is 9.61. The van der Waals surface area contributed by atoms with Crippen LogP contribution in [0, 0.1) is 6.92 Å². The molecule has 0 saturated heterocycles. The predicted octanol–water partition coefficient (Wildman–Crippen LogP) is 2.20. The number of benzene rings is 1. The van der Waals surface area contributed by atoms with E-state index in [4.69, 9.17) is 10.8 Å². The minimum Gasteiger partial charge on any atom is -0.396 e.